The number of amides is 1. The van der Waals surface area contributed by atoms with Crippen molar-refractivity contribution >= 4 is 5.91 Å². The van der Waals surface area contributed by atoms with Gasteiger partial charge in [0.15, 0.2) is 12.6 Å². The number of aliphatic hydroxyl groups excluding tert-OH is 8. The van der Waals surface area contributed by atoms with Crippen LogP contribution in [0.5, 0.6) is 0 Å². The summed E-state index contributed by atoms with van der Waals surface area (Å²) in [6.07, 6.45) is 60.4. The van der Waals surface area contributed by atoms with Crippen LogP contribution >= 0.6 is 0 Å². The maximum atomic E-state index is 13.2. The minimum Gasteiger partial charge on any atom is -0.394 e. The number of allylic oxidation sites excluding steroid dienone is 23. The van der Waals surface area contributed by atoms with Crippen LogP contribution in [0, 0.1) is 0 Å². The van der Waals surface area contributed by atoms with Crippen LogP contribution in [-0.4, -0.2) is 140 Å². The maximum absolute atomic E-state index is 13.2. The Kier molecular flexibility index (Phi) is 46.3. The van der Waals surface area contributed by atoms with Crippen LogP contribution in [0.25, 0.3) is 0 Å². The van der Waals surface area contributed by atoms with E-state index in [0.29, 0.717) is 12.8 Å². The molecule has 2 saturated heterocycles. The first-order valence-corrected chi connectivity index (χ1v) is 31.1. The third-order valence-corrected chi connectivity index (χ3v) is 14.0. The van der Waals surface area contributed by atoms with Crippen LogP contribution in [0.3, 0.4) is 0 Å². The summed E-state index contributed by atoms with van der Waals surface area (Å²) in [5, 5.41) is 87.0. The van der Waals surface area contributed by atoms with E-state index in [1.807, 2.05) is 6.08 Å². The van der Waals surface area contributed by atoms with Crippen LogP contribution in [0.4, 0.5) is 0 Å². The summed E-state index contributed by atoms with van der Waals surface area (Å²) < 4.78 is 22.7. The minimum atomic E-state index is -1.80. The van der Waals surface area contributed by atoms with E-state index in [1.165, 1.54) is 44.9 Å². The molecule has 464 valence electrons. The van der Waals surface area contributed by atoms with Crippen LogP contribution in [0.15, 0.2) is 146 Å². The lowest BCUT2D eigenvalue weighted by molar-refractivity contribution is -0.359. The number of rotatable bonds is 47. The molecule has 14 nitrogen and oxygen atoms in total. The molecule has 2 rings (SSSR count). The highest BCUT2D eigenvalue weighted by Gasteiger charge is 2.51. The summed E-state index contributed by atoms with van der Waals surface area (Å²) in [7, 11) is 0. The Hall–Kier alpha value is -4.13. The quantitative estimate of drug-likeness (QED) is 0.0204. The van der Waals surface area contributed by atoms with Gasteiger partial charge in [-0.25, -0.2) is 0 Å². The number of carbonyl (C=O) groups excluding carboxylic acids is 1. The highest BCUT2D eigenvalue weighted by Crippen LogP contribution is 2.30. The normalized spacial score (nSPS) is 25.0. The zero-order chi connectivity index (χ0) is 59.5. The van der Waals surface area contributed by atoms with E-state index in [1.54, 1.807) is 6.08 Å². The summed E-state index contributed by atoms with van der Waals surface area (Å²) in [4.78, 5) is 13.2. The SMILES string of the molecule is CC/C=C\C/C=C\C/C=C\C/C=C\C/C=C\C/C=C\C/C=C\C/C=C\C/C=C\C/C=C\CCCCCCC(=O)NC(COC1OC(CO)C(OC2OC(CO)C(O)C(O)C2O)C(O)C1O)C(O)/C=C/CC/C=C/CCCCCCCCC. The number of nitrogens with one attached hydrogen (secondary N) is 1. The largest absolute Gasteiger partial charge is 0.394 e. The van der Waals surface area contributed by atoms with Crippen molar-refractivity contribution in [3.8, 4) is 0 Å². The van der Waals surface area contributed by atoms with Gasteiger partial charge in [-0.1, -0.05) is 211 Å². The molecule has 14 heteroatoms. The Labute approximate surface area is 493 Å². The number of hydrogen-bond donors (Lipinski definition) is 9. The first kappa shape index (κ1) is 74.0. The highest BCUT2D eigenvalue weighted by atomic mass is 16.7. The fourth-order valence-electron chi connectivity index (χ4n) is 9.04. The van der Waals surface area contributed by atoms with Crippen LogP contribution in [-0.2, 0) is 23.7 Å². The van der Waals surface area contributed by atoms with Gasteiger partial charge in [0.25, 0.3) is 0 Å². The van der Waals surface area contributed by atoms with Gasteiger partial charge in [0.1, 0.15) is 48.8 Å². The van der Waals surface area contributed by atoms with Crippen molar-refractivity contribution in [2.75, 3.05) is 19.8 Å². The fourth-order valence-corrected chi connectivity index (χ4v) is 9.04. The average Bonchev–Trinajstić information content (AvgIpc) is 3.56. The van der Waals surface area contributed by atoms with Gasteiger partial charge in [-0.15, -0.1) is 0 Å². The molecular weight excluding hydrogens is 1040 g/mol. The molecule has 0 aromatic heterocycles. The molecule has 1 amide bonds. The predicted octanol–water partition coefficient (Wildman–Crippen LogP) is 11.3. The highest BCUT2D eigenvalue weighted by molar-refractivity contribution is 5.76. The van der Waals surface area contributed by atoms with Crippen LogP contribution in [0.2, 0.25) is 0 Å². The van der Waals surface area contributed by atoms with Gasteiger partial charge in [-0.3, -0.25) is 4.79 Å². The van der Waals surface area contributed by atoms with Gasteiger partial charge in [0.05, 0.1) is 32.0 Å². The second-order valence-electron chi connectivity index (χ2n) is 21.1. The van der Waals surface area contributed by atoms with E-state index in [-0.39, 0.29) is 18.9 Å². The predicted molar refractivity (Wildman–Crippen MR) is 331 cm³/mol. The molecule has 12 unspecified atom stereocenters. The average molecular weight is 1150 g/mol. The van der Waals surface area contributed by atoms with E-state index in [4.69, 9.17) is 18.9 Å². The second kappa shape index (κ2) is 51.3. The summed E-state index contributed by atoms with van der Waals surface area (Å²) in [5.41, 5.74) is 0. The Bertz CT molecular complexity index is 1930. The summed E-state index contributed by atoms with van der Waals surface area (Å²) in [6.45, 7) is 2.60. The number of carbonyl (C=O) groups is 1. The van der Waals surface area contributed by atoms with E-state index >= 15 is 0 Å². The third-order valence-electron chi connectivity index (χ3n) is 14.0. The van der Waals surface area contributed by atoms with Gasteiger partial charge in [-0.05, 0) is 109 Å². The Balaban J connectivity index is 1.71. The molecule has 2 aliphatic heterocycles. The van der Waals surface area contributed by atoms with Gasteiger partial charge < -0.3 is 65.1 Å². The van der Waals surface area contributed by atoms with Crippen molar-refractivity contribution in [2.24, 2.45) is 0 Å². The second-order valence-corrected chi connectivity index (χ2v) is 21.1. The summed E-state index contributed by atoms with van der Waals surface area (Å²) in [5.74, 6) is -0.282. The van der Waals surface area contributed by atoms with E-state index in [9.17, 15) is 45.6 Å². The van der Waals surface area contributed by atoms with E-state index in [2.05, 4.69) is 153 Å². The van der Waals surface area contributed by atoms with Crippen molar-refractivity contribution in [3.63, 3.8) is 0 Å². The van der Waals surface area contributed by atoms with Gasteiger partial charge in [-0.2, -0.15) is 0 Å². The monoisotopic (exact) mass is 1150 g/mol. The van der Waals surface area contributed by atoms with Gasteiger partial charge in [0, 0.05) is 6.42 Å². The maximum Gasteiger partial charge on any atom is 0.220 e. The molecule has 0 aromatic carbocycles. The molecule has 0 spiro atoms. The van der Waals surface area contributed by atoms with E-state index in [0.717, 1.165) is 103 Å². The molecule has 0 saturated carbocycles. The third kappa shape index (κ3) is 35.9. The lowest BCUT2D eigenvalue weighted by Gasteiger charge is -2.46. The van der Waals surface area contributed by atoms with Crippen LogP contribution < -0.4 is 5.32 Å². The Morgan fingerprint density at radius 2 is 0.854 bits per heavy atom. The van der Waals surface area contributed by atoms with Crippen molar-refractivity contribution < 1.29 is 64.6 Å². The zero-order valence-electron chi connectivity index (χ0n) is 49.9. The first-order chi connectivity index (χ1) is 40.1. The molecule has 2 aliphatic rings. The molecule has 9 N–H and O–H groups in total. The minimum absolute atomic E-state index is 0.233. The van der Waals surface area contributed by atoms with Crippen molar-refractivity contribution in [3.05, 3.63) is 146 Å². The molecule has 0 radical (unpaired) electrons. The Morgan fingerprint density at radius 3 is 1.34 bits per heavy atom. The molecule has 0 bridgehead atoms. The lowest BCUT2D eigenvalue weighted by atomic mass is 9.97. The number of ether oxygens (including phenoxy) is 4. The van der Waals surface area contributed by atoms with Crippen LogP contribution in [0.1, 0.15) is 181 Å². The van der Waals surface area contributed by atoms with Gasteiger partial charge >= 0.3 is 0 Å². The first-order valence-electron chi connectivity index (χ1n) is 31.1. The fraction of sp³-hybridized carbons (Fsp3) is 0.632. The summed E-state index contributed by atoms with van der Waals surface area (Å²) >= 11 is 0. The number of aliphatic hydroxyl groups is 8. The molecular formula is C68H109NO13. The summed E-state index contributed by atoms with van der Waals surface area (Å²) in [6, 6.07) is -0.956. The standard InChI is InChI=1S/C68H109NO13/c1-3-5-7-9-11-13-15-17-18-19-20-21-22-23-24-25-26-27-28-29-30-31-32-33-34-35-36-37-38-40-42-44-46-48-50-52-60(73)69-56(57(72)51-49-47-45-43-41-39-16-14-12-10-8-6-4-2)55-79-67-65(78)63(76)66(59(54-71)81-67)82-68-64(77)62(75)61(74)58(53-70)80-68/h5,7,11,13,17-18,20-21,23-24,26-27,29-30,32-33,35-36,38,40-41,43,49,51,56-59,61-68,70-72,74-78H,3-4,6,8-10,12,14-16,19,22,25,28,31,34,37,39,42,44-48,50,52-55H2,1-2H3,(H,69,73)/b7-5-,13-11-,18-17-,21-20-,24-23-,27-26-,30-29-,33-32-,36-35-,40-38-,43-41+,51-49+. The Morgan fingerprint density at radius 1 is 0.451 bits per heavy atom. The molecule has 0 aromatic rings. The molecule has 2 fully saturated rings. The molecule has 12 atom stereocenters. The number of unbranched alkanes of at least 4 members (excludes halogenated alkanes) is 12. The molecule has 82 heavy (non-hydrogen) atoms. The van der Waals surface area contributed by atoms with Gasteiger partial charge in [0.2, 0.25) is 5.91 Å². The molecule has 0 aliphatic carbocycles. The zero-order valence-corrected chi connectivity index (χ0v) is 49.9. The molecule has 2 heterocycles. The topological polar surface area (TPSA) is 228 Å². The smallest absolute Gasteiger partial charge is 0.220 e. The van der Waals surface area contributed by atoms with Crippen molar-refractivity contribution in [1.29, 1.82) is 0 Å². The van der Waals surface area contributed by atoms with Crippen molar-refractivity contribution in [2.45, 2.75) is 254 Å². The lowest BCUT2D eigenvalue weighted by Crippen LogP contribution is -2.65. The van der Waals surface area contributed by atoms with E-state index < -0.39 is 86.8 Å². The number of hydrogen-bond acceptors (Lipinski definition) is 13. The van der Waals surface area contributed by atoms with Crippen molar-refractivity contribution in [1.82, 2.24) is 5.32 Å².